The molecule has 0 fully saturated rings. The molecule has 0 aliphatic rings. The minimum Gasteiger partial charge on any atom is -0.496 e. The molecule has 0 bridgehead atoms. The van der Waals surface area contributed by atoms with Crippen molar-refractivity contribution >= 4 is 21.5 Å². The van der Waals surface area contributed by atoms with Crippen molar-refractivity contribution in [3.8, 4) is 5.75 Å². The Balaban J connectivity index is 2.27. The molecule has 7 heteroatoms. The Kier molecular flexibility index (Phi) is 5.58. The topological polar surface area (TPSA) is 85.4 Å². The van der Waals surface area contributed by atoms with Gasteiger partial charge < -0.3 is 4.74 Å². The molecule has 2 aromatic rings. The van der Waals surface area contributed by atoms with Crippen molar-refractivity contribution < 1.29 is 17.9 Å². The Labute approximate surface area is 147 Å². The zero-order valence-corrected chi connectivity index (χ0v) is 15.3. The number of methoxy groups -OCH3 is 1. The SMILES string of the molecule is COc1ccc(S(=O)(=O)NC(=O)/C=C(\C)c2ccncc2)c(C)c1C. The molecule has 0 aliphatic carbocycles. The predicted octanol–water partition coefficient (Wildman–Crippen LogP) is 2.62. The highest BCUT2D eigenvalue weighted by molar-refractivity contribution is 7.90. The summed E-state index contributed by atoms with van der Waals surface area (Å²) in [6, 6.07) is 6.48. The van der Waals surface area contributed by atoms with Gasteiger partial charge in [-0.05, 0) is 67.3 Å². The fraction of sp³-hybridized carbons (Fsp3) is 0.222. The number of hydrogen-bond acceptors (Lipinski definition) is 5. The molecule has 2 rings (SSSR count). The van der Waals surface area contributed by atoms with Gasteiger partial charge in [0.1, 0.15) is 5.75 Å². The van der Waals surface area contributed by atoms with E-state index in [4.69, 9.17) is 4.74 Å². The standard InChI is InChI=1S/C18H20N2O4S/c1-12(15-7-9-19-10-8-15)11-18(21)20-25(22,23)17-6-5-16(24-4)13(2)14(17)3/h5-11H,1-4H3,(H,20,21)/b12-11+. The second-order valence-electron chi connectivity index (χ2n) is 5.55. The van der Waals surface area contributed by atoms with Crippen LogP contribution in [0.15, 0.2) is 47.6 Å². The lowest BCUT2D eigenvalue weighted by Gasteiger charge is -2.13. The van der Waals surface area contributed by atoms with Gasteiger partial charge in [-0.25, -0.2) is 13.1 Å². The number of pyridine rings is 1. The van der Waals surface area contributed by atoms with Crippen molar-refractivity contribution in [3.63, 3.8) is 0 Å². The molecule has 0 unspecified atom stereocenters. The quantitative estimate of drug-likeness (QED) is 0.829. The number of allylic oxidation sites excluding steroid dienone is 1. The summed E-state index contributed by atoms with van der Waals surface area (Å²) in [5.74, 6) is -0.113. The summed E-state index contributed by atoms with van der Waals surface area (Å²) >= 11 is 0. The van der Waals surface area contributed by atoms with Crippen LogP contribution in [-0.4, -0.2) is 26.4 Å². The third kappa shape index (κ3) is 4.24. The molecule has 0 atom stereocenters. The molecule has 1 aromatic heterocycles. The average Bonchev–Trinajstić information content (AvgIpc) is 2.57. The summed E-state index contributed by atoms with van der Waals surface area (Å²) in [5, 5.41) is 0. The maximum Gasteiger partial charge on any atom is 0.264 e. The predicted molar refractivity (Wildman–Crippen MR) is 95.7 cm³/mol. The Bertz CT molecular complexity index is 920. The minimum atomic E-state index is -3.98. The van der Waals surface area contributed by atoms with Crippen molar-refractivity contribution in [1.82, 2.24) is 9.71 Å². The summed E-state index contributed by atoms with van der Waals surface area (Å²) in [7, 11) is -2.46. The van der Waals surface area contributed by atoms with Crippen molar-refractivity contribution in [1.29, 1.82) is 0 Å². The number of hydrogen-bond donors (Lipinski definition) is 1. The number of amides is 1. The van der Waals surface area contributed by atoms with Gasteiger partial charge in [0, 0.05) is 18.5 Å². The number of rotatable bonds is 5. The van der Waals surface area contributed by atoms with Crippen LogP contribution >= 0.6 is 0 Å². The van der Waals surface area contributed by atoms with Gasteiger partial charge in [-0.2, -0.15) is 0 Å². The smallest absolute Gasteiger partial charge is 0.264 e. The Morgan fingerprint density at radius 1 is 1.12 bits per heavy atom. The van der Waals surface area contributed by atoms with E-state index in [1.54, 1.807) is 51.4 Å². The van der Waals surface area contributed by atoms with E-state index >= 15 is 0 Å². The molecule has 0 saturated carbocycles. The van der Waals surface area contributed by atoms with Gasteiger partial charge in [-0.15, -0.1) is 0 Å². The monoisotopic (exact) mass is 360 g/mol. The van der Waals surface area contributed by atoms with Gasteiger partial charge >= 0.3 is 0 Å². The van der Waals surface area contributed by atoms with E-state index in [0.717, 1.165) is 5.56 Å². The van der Waals surface area contributed by atoms with Crippen molar-refractivity contribution in [3.05, 3.63) is 59.4 Å². The van der Waals surface area contributed by atoms with Gasteiger partial charge in [-0.1, -0.05) is 0 Å². The number of nitrogens with zero attached hydrogens (tertiary/aromatic N) is 1. The van der Waals surface area contributed by atoms with E-state index in [0.29, 0.717) is 22.4 Å². The van der Waals surface area contributed by atoms with E-state index in [9.17, 15) is 13.2 Å². The maximum atomic E-state index is 12.5. The highest BCUT2D eigenvalue weighted by atomic mass is 32.2. The van der Waals surface area contributed by atoms with Gasteiger partial charge in [0.05, 0.1) is 12.0 Å². The third-order valence-electron chi connectivity index (χ3n) is 3.92. The highest BCUT2D eigenvalue weighted by Gasteiger charge is 2.21. The Hall–Kier alpha value is -2.67. The van der Waals surface area contributed by atoms with Crippen molar-refractivity contribution in [2.45, 2.75) is 25.7 Å². The molecular formula is C18H20N2O4S. The van der Waals surface area contributed by atoms with Gasteiger partial charge in [-0.3, -0.25) is 9.78 Å². The van der Waals surface area contributed by atoms with Gasteiger partial charge in [0.15, 0.2) is 0 Å². The molecule has 1 heterocycles. The Morgan fingerprint density at radius 3 is 2.36 bits per heavy atom. The summed E-state index contributed by atoms with van der Waals surface area (Å²) < 4.78 is 32.3. The lowest BCUT2D eigenvalue weighted by atomic mass is 10.1. The van der Waals surface area contributed by atoms with Gasteiger partial charge in [0.2, 0.25) is 0 Å². The lowest BCUT2D eigenvalue weighted by Crippen LogP contribution is -2.30. The van der Waals surface area contributed by atoms with E-state index in [1.807, 2.05) is 0 Å². The van der Waals surface area contributed by atoms with E-state index < -0.39 is 15.9 Å². The summed E-state index contributed by atoms with van der Waals surface area (Å²) in [5.41, 5.74) is 2.67. The van der Waals surface area contributed by atoms with Crippen LogP contribution in [0.5, 0.6) is 5.75 Å². The molecule has 0 saturated heterocycles. The van der Waals surface area contributed by atoms with Crippen LogP contribution in [0, 0.1) is 13.8 Å². The maximum absolute atomic E-state index is 12.5. The van der Waals surface area contributed by atoms with Crippen LogP contribution in [0.2, 0.25) is 0 Å². The van der Waals surface area contributed by atoms with Crippen LogP contribution in [-0.2, 0) is 14.8 Å². The number of ether oxygens (including phenoxy) is 1. The minimum absolute atomic E-state index is 0.0501. The van der Waals surface area contributed by atoms with Crippen LogP contribution in [0.25, 0.3) is 5.57 Å². The second-order valence-corrected chi connectivity index (χ2v) is 7.20. The van der Waals surface area contributed by atoms with E-state index in [1.165, 1.54) is 19.3 Å². The zero-order valence-electron chi connectivity index (χ0n) is 14.5. The lowest BCUT2D eigenvalue weighted by molar-refractivity contribution is -0.114. The molecular weight excluding hydrogens is 340 g/mol. The number of nitrogens with one attached hydrogen (secondary N) is 1. The first kappa shape index (κ1) is 18.7. The van der Waals surface area contributed by atoms with E-state index in [2.05, 4.69) is 9.71 Å². The molecule has 1 aromatic carbocycles. The fourth-order valence-corrected chi connectivity index (χ4v) is 3.63. The summed E-state index contributed by atoms with van der Waals surface area (Å²) in [6.45, 7) is 5.17. The zero-order chi connectivity index (χ0) is 18.6. The molecule has 1 N–H and O–H groups in total. The summed E-state index contributed by atoms with van der Waals surface area (Å²) in [6.07, 6.45) is 4.45. The first-order chi connectivity index (χ1) is 11.8. The highest BCUT2D eigenvalue weighted by Crippen LogP contribution is 2.26. The second kappa shape index (κ2) is 7.48. The Morgan fingerprint density at radius 2 is 1.76 bits per heavy atom. The number of carbonyl (C=O) groups excluding carboxylic acids is 1. The third-order valence-corrected chi connectivity index (χ3v) is 5.41. The summed E-state index contributed by atoms with van der Waals surface area (Å²) in [4.78, 5) is 16.1. The number of sulfonamides is 1. The largest absolute Gasteiger partial charge is 0.496 e. The van der Waals surface area contributed by atoms with Crippen LogP contribution < -0.4 is 9.46 Å². The molecule has 1 amide bonds. The molecule has 132 valence electrons. The first-order valence-corrected chi connectivity index (χ1v) is 9.04. The van der Waals surface area contributed by atoms with Crippen LogP contribution in [0.3, 0.4) is 0 Å². The fourth-order valence-electron chi connectivity index (χ4n) is 2.39. The van der Waals surface area contributed by atoms with Crippen LogP contribution in [0.1, 0.15) is 23.6 Å². The molecule has 0 aliphatic heterocycles. The average molecular weight is 360 g/mol. The number of carbonyl (C=O) groups is 1. The molecule has 0 radical (unpaired) electrons. The van der Waals surface area contributed by atoms with Crippen LogP contribution in [0.4, 0.5) is 0 Å². The van der Waals surface area contributed by atoms with Crippen molar-refractivity contribution in [2.75, 3.05) is 7.11 Å². The first-order valence-electron chi connectivity index (χ1n) is 7.56. The normalized spacial score (nSPS) is 11.9. The molecule has 0 spiro atoms. The molecule has 25 heavy (non-hydrogen) atoms. The number of aromatic nitrogens is 1. The molecule has 6 nitrogen and oxygen atoms in total. The van der Waals surface area contributed by atoms with Crippen molar-refractivity contribution in [2.24, 2.45) is 0 Å². The number of benzene rings is 1. The van der Waals surface area contributed by atoms with Gasteiger partial charge in [0.25, 0.3) is 15.9 Å². The van der Waals surface area contributed by atoms with E-state index in [-0.39, 0.29) is 4.90 Å².